The highest BCUT2D eigenvalue weighted by Gasteiger charge is 2.70. The van der Waals surface area contributed by atoms with Crippen LogP contribution in [0.3, 0.4) is 0 Å². The molecule has 4 saturated carbocycles. The number of rotatable bonds is 5. The summed E-state index contributed by atoms with van der Waals surface area (Å²) >= 11 is 0. The Bertz CT molecular complexity index is 943. The van der Waals surface area contributed by atoms with Crippen molar-refractivity contribution < 1.29 is 24.9 Å². The number of aliphatic hydroxyl groups excluding tert-OH is 3. The standard InChI is InChI=1S/C32H52O5/c1-16(2)18(4)31(7)15-24(31)17(3)22-9-10-23-26-25(35)14-20-13-21(34)11-12-30(20,6)27(26)28(36)29(32(22,23)8)37-19(5)33/h14,16-18,21-29,34-36H,9-13,15H2,1-8H3/t17-,18+,21-,22+,23-,24+,25+,26+,27+,28-,29+,30-,31+,32+/m0/s1. The molecule has 0 aromatic carbocycles. The quantitative estimate of drug-likeness (QED) is 0.338. The third-order valence-corrected chi connectivity index (χ3v) is 13.2. The van der Waals surface area contributed by atoms with Gasteiger partial charge in [0.2, 0.25) is 0 Å². The SMILES string of the molecule is CC(=O)O[C@@H]1[C@@H](O)[C@H]2[C@@H]([C@H](O)C=C3C[C@@H](O)CC[C@@]32C)[C@@H]2CC[C@H]([C@H](C)[C@H]3C[C@]3(C)[C@H](C)C(C)C)[C@@]12C. The Kier molecular flexibility index (Phi) is 6.77. The van der Waals surface area contributed by atoms with E-state index in [1.807, 2.05) is 6.08 Å². The average molecular weight is 517 g/mol. The average Bonchev–Trinajstić information content (AvgIpc) is 3.39. The van der Waals surface area contributed by atoms with Gasteiger partial charge in [0, 0.05) is 18.3 Å². The Morgan fingerprint density at radius 2 is 1.70 bits per heavy atom. The smallest absolute Gasteiger partial charge is 0.303 e. The van der Waals surface area contributed by atoms with Crippen LogP contribution in [0.4, 0.5) is 0 Å². The highest BCUT2D eigenvalue weighted by atomic mass is 16.6. The second-order valence-electron chi connectivity index (χ2n) is 15.0. The molecule has 0 radical (unpaired) electrons. The number of aliphatic hydroxyl groups is 3. The molecule has 210 valence electrons. The van der Waals surface area contributed by atoms with Crippen LogP contribution in [-0.4, -0.2) is 45.7 Å². The molecular weight excluding hydrogens is 464 g/mol. The van der Waals surface area contributed by atoms with E-state index in [1.165, 1.54) is 13.3 Å². The van der Waals surface area contributed by atoms with Gasteiger partial charge in [0.25, 0.3) is 0 Å². The summed E-state index contributed by atoms with van der Waals surface area (Å²) in [6.07, 6.45) is 4.91. The number of carbonyl (C=O) groups is 1. The van der Waals surface area contributed by atoms with Gasteiger partial charge in [0.15, 0.2) is 0 Å². The molecule has 0 heterocycles. The summed E-state index contributed by atoms with van der Waals surface area (Å²) in [5, 5.41) is 34.1. The Balaban J connectivity index is 1.53. The summed E-state index contributed by atoms with van der Waals surface area (Å²) in [5.74, 6) is 2.35. The molecule has 0 aromatic heterocycles. The van der Waals surface area contributed by atoms with E-state index in [4.69, 9.17) is 4.74 Å². The van der Waals surface area contributed by atoms with Gasteiger partial charge in [0.05, 0.1) is 18.3 Å². The van der Waals surface area contributed by atoms with Gasteiger partial charge in [-0.15, -0.1) is 0 Å². The van der Waals surface area contributed by atoms with Crippen LogP contribution in [0, 0.1) is 63.6 Å². The Hall–Kier alpha value is -0.910. The molecule has 14 atom stereocenters. The zero-order valence-corrected chi connectivity index (χ0v) is 24.4. The number of esters is 1. The maximum Gasteiger partial charge on any atom is 0.303 e. The van der Waals surface area contributed by atoms with Crippen molar-refractivity contribution in [2.24, 2.45) is 63.6 Å². The van der Waals surface area contributed by atoms with Gasteiger partial charge in [-0.05, 0) is 90.8 Å². The van der Waals surface area contributed by atoms with E-state index >= 15 is 0 Å². The normalized spacial score (nSPS) is 52.4. The van der Waals surface area contributed by atoms with E-state index < -0.39 is 24.4 Å². The fourth-order valence-corrected chi connectivity index (χ4v) is 10.7. The highest BCUT2D eigenvalue weighted by Crippen LogP contribution is 2.71. The van der Waals surface area contributed by atoms with E-state index in [2.05, 4.69) is 48.5 Å². The summed E-state index contributed by atoms with van der Waals surface area (Å²) < 4.78 is 6.13. The highest BCUT2D eigenvalue weighted by molar-refractivity contribution is 5.66. The zero-order chi connectivity index (χ0) is 27.2. The second-order valence-corrected chi connectivity index (χ2v) is 15.0. The minimum atomic E-state index is -0.832. The fourth-order valence-electron chi connectivity index (χ4n) is 10.7. The molecule has 0 saturated heterocycles. The first kappa shape index (κ1) is 27.6. The van der Waals surface area contributed by atoms with E-state index in [0.29, 0.717) is 47.8 Å². The summed E-state index contributed by atoms with van der Waals surface area (Å²) in [7, 11) is 0. The van der Waals surface area contributed by atoms with Crippen molar-refractivity contribution in [1.82, 2.24) is 0 Å². The molecule has 4 fully saturated rings. The van der Waals surface area contributed by atoms with Crippen LogP contribution >= 0.6 is 0 Å². The lowest BCUT2D eigenvalue weighted by Crippen LogP contribution is -2.67. The van der Waals surface area contributed by atoms with Gasteiger partial charge in [-0.25, -0.2) is 0 Å². The van der Waals surface area contributed by atoms with Crippen molar-refractivity contribution in [2.75, 3.05) is 0 Å². The second kappa shape index (κ2) is 9.06. The minimum absolute atomic E-state index is 0.0619. The van der Waals surface area contributed by atoms with Crippen LogP contribution < -0.4 is 0 Å². The third-order valence-electron chi connectivity index (χ3n) is 13.2. The molecule has 0 unspecified atom stereocenters. The molecular formula is C32H52O5. The van der Waals surface area contributed by atoms with E-state index in [9.17, 15) is 20.1 Å². The van der Waals surface area contributed by atoms with E-state index in [-0.39, 0.29) is 34.6 Å². The molecule has 0 spiro atoms. The molecule has 0 amide bonds. The summed E-state index contributed by atoms with van der Waals surface area (Å²) in [6.45, 7) is 17.9. The molecule has 5 rings (SSSR count). The minimum Gasteiger partial charge on any atom is -0.459 e. The lowest BCUT2D eigenvalue weighted by molar-refractivity contribution is -0.231. The van der Waals surface area contributed by atoms with Crippen LogP contribution in [-0.2, 0) is 9.53 Å². The lowest BCUT2D eigenvalue weighted by Gasteiger charge is -2.63. The van der Waals surface area contributed by atoms with Gasteiger partial charge in [-0.3, -0.25) is 4.79 Å². The van der Waals surface area contributed by atoms with Crippen LogP contribution in [0.5, 0.6) is 0 Å². The zero-order valence-electron chi connectivity index (χ0n) is 24.4. The van der Waals surface area contributed by atoms with Crippen molar-refractivity contribution >= 4 is 5.97 Å². The number of hydrogen-bond acceptors (Lipinski definition) is 5. The summed E-state index contributed by atoms with van der Waals surface area (Å²) in [6, 6.07) is 0. The predicted molar refractivity (Wildman–Crippen MR) is 144 cm³/mol. The summed E-state index contributed by atoms with van der Waals surface area (Å²) in [4.78, 5) is 12.5. The summed E-state index contributed by atoms with van der Waals surface area (Å²) in [5.41, 5.74) is 0.733. The van der Waals surface area contributed by atoms with Gasteiger partial charge < -0.3 is 20.1 Å². The Morgan fingerprint density at radius 3 is 2.32 bits per heavy atom. The number of hydrogen-bond donors (Lipinski definition) is 3. The van der Waals surface area contributed by atoms with Gasteiger partial charge in [-0.2, -0.15) is 0 Å². The molecule has 37 heavy (non-hydrogen) atoms. The lowest BCUT2D eigenvalue weighted by atomic mass is 9.44. The van der Waals surface area contributed by atoms with Gasteiger partial charge in [0.1, 0.15) is 6.10 Å². The van der Waals surface area contributed by atoms with Gasteiger partial charge >= 0.3 is 5.97 Å². The van der Waals surface area contributed by atoms with Crippen LogP contribution in [0.2, 0.25) is 0 Å². The van der Waals surface area contributed by atoms with Crippen molar-refractivity contribution in [1.29, 1.82) is 0 Å². The Labute approximate surface area is 224 Å². The first-order valence-electron chi connectivity index (χ1n) is 15.1. The first-order chi connectivity index (χ1) is 17.2. The van der Waals surface area contributed by atoms with Crippen molar-refractivity contribution in [3.63, 3.8) is 0 Å². The molecule has 5 nitrogen and oxygen atoms in total. The molecule has 5 heteroatoms. The van der Waals surface area contributed by atoms with Crippen LogP contribution in [0.1, 0.15) is 93.9 Å². The number of fused-ring (bicyclic) bond motifs is 5. The molecule has 0 bridgehead atoms. The van der Waals surface area contributed by atoms with Crippen molar-refractivity contribution in [2.45, 2.75) is 118 Å². The third kappa shape index (κ3) is 3.91. The first-order valence-corrected chi connectivity index (χ1v) is 15.1. The predicted octanol–water partition coefficient (Wildman–Crippen LogP) is 5.36. The van der Waals surface area contributed by atoms with Crippen molar-refractivity contribution in [3.05, 3.63) is 11.6 Å². The number of carbonyl (C=O) groups excluding carboxylic acids is 1. The monoisotopic (exact) mass is 516 g/mol. The maximum atomic E-state index is 12.5. The molecule has 5 aliphatic carbocycles. The van der Waals surface area contributed by atoms with E-state index in [0.717, 1.165) is 24.8 Å². The Morgan fingerprint density at radius 1 is 1.03 bits per heavy atom. The molecule has 3 N–H and O–H groups in total. The van der Waals surface area contributed by atoms with Crippen LogP contribution in [0.25, 0.3) is 0 Å². The fraction of sp³-hybridized carbons (Fsp3) is 0.906. The van der Waals surface area contributed by atoms with Crippen molar-refractivity contribution in [3.8, 4) is 0 Å². The molecule has 0 aromatic rings. The van der Waals surface area contributed by atoms with E-state index in [1.54, 1.807) is 0 Å². The van der Waals surface area contributed by atoms with Crippen LogP contribution in [0.15, 0.2) is 11.6 Å². The topological polar surface area (TPSA) is 87.0 Å². The largest absolute Gasteiger partial charge is 0.459 e. The molecule has 5 aliphatic rings. The van der Waals surface area contributed by atoms with Gasteiger partial charge in [-0.1, -0.05) is 60.1 Å². The maximum absolute atomic E-state index is 12.5. The number of ether oxygens (including phenoxy) is 1. The molecule has 0 aliphatic heterocycles.